The standard InChI is InChI=1S/C17H17BrN2O2/c18-15-8-4-5-13(11-15)12-19-20-17(22)10-9-16(21)14-6-2-1-3-7-14/h1-8,11-12,16,21H,9-10H2,(H,20,22)/b19-12-/t16-/m0/s1. The average molecular weight is 361 g/mol. The van der Waals surface area contributed by atoms with Gasteiger partial charge < -0.3 is 5.11 Å². The van der Waals surface area contributed by atoms with E-state index in [2.05, 4.69) is 26.5 Å². The normalized spacial score (nSPS) is 12.3. The molecule has 22 heavy (non-hydrogen) atoms. The topological polar surface area (TPSA) is 61.7 Å². The van der Waals surface area contributed by atoms with Crippen molar-refractivity contribution in [2.75, 3.05) is 0 Å². The Balaban J connectivity index is 1.76. The number of rotatable bonds is 6. The van der Waals surface area contributed by atoms with Gasteiger partial charge in [-0.3, -0.25) is 4.79 Å². The van der Waals surface area contributed by atoms with Crippen molar-refractivity contribution in [3.8, 4) is 0 Å². The van der Waals surface area contributed by atoms with Crippen LogP contribution < -0.4 is 5.43 Å². The van der Waals surface area contributed by atoms with Crippen molar-refractivity contribution < 1.29 is 9.90 Å². The first kappa shape index (κ1) is 16.4. The number of halogens is 1. The summed E-state index contributed by atoms with van der Waals surface area (Å²) in [6.07, 6.45) is 1.52. The third-order valence-corrected chi connectivity index (χ3v) is 3.57. The highest BCUT2D eigenvalue weighted by molar-refractivity contribution is 9.10. The molecule has 0 radical (unpaired) electrons. The Morgan fingerprint density at radius 2 is 2.00 bits per heavy atom. The number of hydrogen-bond acceptors (Lipinski definition) is 3. The molecular formula is C17H17BrN2O2. The molecule has 0 spiro atoms. The number of benzene rings is 2. The molecule has 0 aromatic heterocycles. The molecular weight excluding hydrogens is 344 g/mol. The van der Waals surface area contributed by atoms with Gasteiger partial charge in [0.25, 0.3) is 0 Å². The third kappa shape index (κ3) is 5.42. The van der Waals surface area contributed by atoms with Gasteiger partial charge in [-0.1, -0.05) is 58.4 Å². The number of amides is 1. The summed E-state index contributed by atoms with van der Waals surface area (Å²) in [6, 6.07) is 16.9. The maximum atomic E-state index is 11.7. The second-order valence-electron chi connectivity index (χ2n) is 4.81. The molecule has 0 heterocycles. The lowest BCUT2D eigenvalue weighted by Crippen LogP contribution is -2.18. The molecule has 2 N–H and O–H groups in total. The van der Waals surface area contributed by atoms with Gasteiger partial charge in [0.1, 0.15) is 0 Å². The number of hydrogen-bond donors (Lipinski definition) is 2. The average Bonchev–Trinajstić information content (AvgIpc) is 2.53. The summed E-state index contributed by atoms with van der Waals surface area (Å²) in [6.45, 7) is 0. The maximum Gasteiger partial charge on any atom is 0.240 e. The Kier molecular flexibility index (Phi) is 6.30. The first-order chi connectivity index (χ1) is 10.6. The molecule has 1 amide bonds. The number of aliphatic hydroxyl groups excluding tert-OH is 1. The van der Waals surface area contributed by atoms with Gasteiger partial charge in [-0.2, -0.15) is 5.10 Å². The van der Waals surface area contributed by atoms with E-state index < -0.39 is 6.10 Å². The van der Waals surface area contributed by atoms with Crippen LogP contribution >= 0.6 is 15.9 Å². The van der Waals surface area contributed by atoms with Gasteiger partial charge in [0.15, 0.2) is 0 Å². The van der Waals surface area contributed by atoms with E-state index in [9.17, 15) is 9.90 Å². The minimum atomic E-state index is -0.638. The zero-order chi connectivity index (χ0) is 15.8. The lowest BCUT2D eigenvalue weighted by molar-refractivity contribution is -0.121. The SMILES string of the molecule is O=C(CC[C@H](O)c1ccccc1)N/N=C\c1cccc(Br)c1. The molecule has 0 aliphatic carbocycles. The first-order valence-corrected chi connectivity index (χ1v) is 7.75. The van der Waals surface area contributed by atoms with E-state index >= 15 is 0 Å². The van der Waals surface area contributed by atoms with E-state index in [1.807, 2.05) is 54.6 Å². The second-order valence-corrected chi connectivity index (χ2v) is 5.73. The summed E-state index contributed by atoms with van der Waals surface area (Å²) in [5.74, 6) is -0.221. The van der Waals surface area contributed by atoms with Crippen molar-refractivity contribution in [3.63, 3.8) is 0 Å². The summed E-state index contributed by atoms with van der Waals surface area (Å²) in [5, 5.41) is 13.9. The highest BCUT2D eigenvalue weighted by Crippen LogP contribution is 2.17. The van der Waals surface area contributed by atoms with E-state index in [4.69, 9.17) is 0 Å². The van der Waals surface area contributed by atoms with Crippen LogP contribution in [0, 0.1) is 0 Å². The molecule has 0 aliphatic heterocycles. The molecule has 114 valence electrons. The second kappa shape index (κ2) is 8.46. The Morgan fingerprint density at radius 3 is 2.73 bits per heavy atom. The van der Waals surface area contributed by atoms with Crippen molar-refractivity contribution in [1.82, 2.24) is 5.43 Å². The van der Waals surface area contributed by atoms with Crippen LogP contribution in [0.2, 0.25) is 0 Å². The van der Waals surface area contributed by atoms with E-state index in [0.29, 0.717) is 6.42 Å². The van der Waals surface area contributed by atoms with Crippen LogP contribution in [-0.2, 0) is 4.79 Å². The number of hydrazone groups is 1. The number of aliphatic hydroxyl groups is 1. The van der Waals surface area contributed by atoms with E-state index in [0.717, 1.165) is 15.6 Å². The minimum Gasteiger partial charge on any atom is -0.388 e. The zero-order valence-corrected chi connectivity index (χ0v) is 13.5. The van der Waals surface area contributed by atoms with Gasteiger partial charge in [0.2, 0.25) is 5.91 Å². The van der Waals surface area contributed by atoms with E-state index in [1.54, 1.807) is 6.21 Å². The smallest absolute Gasteiger partial charge is 0.240 e. The summed E-state index contributed by atoms with van der Waals surface area (Å²) >= 11 is 3.37. The van der Waals surface area contributed by atoms with Crippen LogP contribution in [0.25, 0.3) is 0 Å². The van der Waals surface area contributed by atoms with Crippen LogP contribution in [-0.4, -0.2) is 17.2 Å². The van der Waals surface area contributed by atoms with Gasteiger partial charge >= 0.3 is 0 Å². The molecule has 0 unspecified atom stereocenters. The molecule has 2 rings (SSSR count). The Bertz CT molecular complexity index is 644. The van der Waals surface area contributed by atoms with Gasteiger partial charge in [-0.15, -0.1) is 0 Å². The van der Waals surface area contributed by atoms with Crippen LogP contribution in [0.5, 0.6) is 0 Å². The number of nitrogens with one attached hydrogen (secondary N) is 1. The predicted octanol–water partition coefficient (Wildman–Crippen LogP) is 3.41. The third-order valence-electron chi connectivity index (χ3n) is 3.08. The van der Waals surface area contributed by atoms with Crippen LogP contribution in [0.3, 0.4) is 0 Å². The van der Waals surface area contributed by atoms with Crippen molar-refractivity contribution in [2.24, 2.45) is 5.10 Å². The molecule has 4 nitrogen and oxygen atoms in total. The van der Waals surface area contributed by atoms with Crippen molar-refractivity contribution >= 4 is 28.1 Å². The molecule has 0 saturated heterocycles. The first-order valence-electron chi connectivity index (χ1n) is 6.95. The summed E-state index contributed by atoms with van der Waals surface area (Å²) in [5.41, 5.74) is 4.16. The lowest BCUT2D eigenvalue weighted by Gasteiger charge is -2.09. The molecule has 0 aliphatic rings. The largest absolute Gasteiger partial charge is 0.388 e. The van der Waals surface area contributed by atoms with Crippen LogP contribution in [0.15, 0.2) is 64.2 Å². The molecule has 2 aromatic carbocycles. The van der Waals surface area contributed by atoms with Gasteiger partial charge in [0.05, 0.1) is 12.3 Å². The van der Waals surface area contributed by atoms with Gasteiger partial charge in [-0.05, 0) is 29.7 Å². The molecule has 2 aromatic rings. The highest BCUT2D eigenvalue weighted by Gasteiger charge is 2.09. The minimum absolute atomic E-state index is 0.214. The molecule has 5 heteroatoms. The fourth-order valence-corrected chi connectivity index (χ4v) is 2.35. The van der Waals surface area contributed by atoms with Crippen molar-refractivity contribution in [1.29, 1.82) is 0 Å². The Hall–Kier alpha value is -1.98. The van der Waals surface area contributed by atoms with E-state index in [-0.39, 0.29) is 12.3 Å². The highest BCUT2D eigenvalue weighted by atomic mass is 79.9. The number of carbonyl (C=O) groups excluding carboxylic acids is 1. The predicted molar refractivity (Wildman–Crippen MR) is 90.5 cm³/mol. The van der Waals surface area contributed by atoms with E-state index in [1.165, 1.54) is 0 Å². The fraction of sp³-hybridized carbons (Fsp3) is 0.176. The lowest BCUT2D eigenvalue weighted by atomic mass is 10.1. The quantitative estimate of drug-likeness (QED) is 0.612. The number of carbonyl (C=O) groups is 1. The van der Waals surface area contributed by atoms with Gasteiger partial charge in [-0.25, -0.2) is 5.43 Å². The fourth-order valence-electron chi connectivity index (χ4n) is 1.93. The van der Waals surface area contributed by atoms with Crippen LogP contribution in [0.4, 0.5) is 0 Å². The van der Waals surface area contributed by atoms with Crippen LogP contribution in [0.1, 0.15) is 30.1 Å². The zero-order valence-electron chi connectivity index (χ0n) is 11.9. The Labute approximate surface area is 138 Å². The molecule has 1 atom stereocenters. The summed E-state index contributed by atoms with van der Waals surface area (Å²) < 4.78 is 0.953. The number of nitrogens with zero attached hydrogens (tertiary/aromatic N) is 1. The summed E-state index contributed by atoms with van der Waals surface area (Å²) in [7, 11) is 0. The molecule has 0 fully saturated rings. The summed E-state index contributed by atoms with van der Waals surface area (Å²) in [4.78, 5) is 11.7. The molecule has 0 saturated carbocycles. The maximum absolute atomic E-state index is 11.7. The van der Waals surface area contributed by atoms with Crippen molar-refractivity contribution in [3.05, 3.63) is 70.2 Å². The Morgan fingerprint density at radius 1 is 1.23 bits per heavy atom. The van der Waals surface area contributed by atoms with Crippen molar-refractivity contribution in [2.45, 2.75) is 18.9 Å². The molecule has 0 bridgehead atoms. The van der Waals surface area contributed by atoms with Gasteiger partial charge in [0, 0.05) is 10.9 Å². The monoisotopic (exact) mass is 360 g/mol.